The topological polar surface area (TPSA) is 15.3 Å². The van der Waals surface area contributed by atoms with Crippen LogP contribution in [0.2, 0.25) is 0 Å². The first-order chi connectivity index (χ1) is 9.95. The molecule has 0 amide bonds. The fourth-order valence-electron chi connectivity index (χ4n) is 3.19. The van der Waals surface area contributed by atoms with Crippen LogP contribution in [0.3, 0.4) is 0 Å². The van der Waals surface area contributed by atoms with Crippen molar-refractivity contribution in [1.29, 1.82) is 0 Å². The van der Waals surface area contributed by atoms with Gasteiger partial charge in [0, 0.05) is 29.6 Å². The first kappa shape index (κ1) is 16.8. The molecule has 0 aliphatic carbocycles. The van der Waals surface area contributed by atoms with E-state index in [1.165, 1.54) is 22.1 Å². The molecule has 1 heterocycles. The van der Waals surface area contributed by atoms with Crippen LogP contribution in [0.4, 0.5) is 5.69 Å². The lowest BCUT2D eigenvalue weighted by atomic mass is 9.91. The van der Waals surface area contributed by atoms with E-state index in [1.54, 1.807) is 0 Å². The SMILES string of the molecule is CCC(C)C1CN(c2cccc(C)c2Br)C(C(C)C)CN1. The fraction of sp³-hybridized carbons (Fsp3) is 0.667. The van der Waals surface area contributed by atoms with Crippen LogP contribution in [0.25, 0.3) is 0 Å². The third kappa shape index (κ3) is 3.62. The summed E-state index contributed by atoms with van der Waals surface area (Å²) in [5.41, 5.74) is 2.66. The van der Waals surface area contributed by atoms with Gasteiger partial charge < -0.3 is 10.2 Å². The van der Waals surface area contributed by atoms with Crippen LogP contribution in [0, 0.1) is 18.8 Å². The monoisotopic (exact) mass is 352 g/mol. The highest BCUT2D eigenvalue weighted by atomic mass is 79.9. The van der Waals surface area contributed by atoms with Crippen molar-refractivity contribution in [2.45, 2.75) is 53.1 Å². The highest BCUT2D eigenvalue weighted by molar-refractivity contribution is 9.10. The average Bonchev–Trinajstić information content (AvgIpc) is 2.48. The third-order valence-corrected chi connectivity index (χ3v) is 6.00. The molecule has 0 spiro atoms. The van der Waals surface area contributed by atoms with Crippen molar-refractivity contribution >= 4 is 21.6 Å². The second-order valence-electron chi connectivity index (χ2n) is 6.77. The van der Waals surface area contributed by atoms with Crippen LogP contribution >= 0.6 is 15.9 Å². The molecule has 1 fully saturated rings. The Balaban J connectivity index is 2.31. The largest absolute Gasteiger partial charge is 0.365 e. The Morgan fingerprint density at radius 2 is 2.05 bits per heavy atom. The van der Waals surface area contributed by atoms with E-state index in [1.807, 2.05) is 0 Å². The second-order valence-corrected chi connectivity index (χ2v) is 7.57. The number of anilines is 1. The molecular formula is C18H29BrN2. The number of halogens is 1. The standard InChI is InChI=1S/C18H29BrN2/c1-6-13(4)15-11-21(17(10-20-15)12(2)3)16-9-7-8-14(5)18(16)19/h7-9,12-13,15,17,20H,6,10-11H2,1-5H3. The molecule has 3 atom stereocenters. The lowest BCUT2D eigenvalue weighted by molar-refractivity contribution is 0.281. The lowest BCUT2D eigenvalue weighted by Gasteiger charge is -2.46. The molecule has 3 heteroatoms. The molecule has 118 valence electrons. The maximum Gasteiger partial charge on any atom is 0.0516 e. The summed E-state index contributed by atoms with van der Waals surface area (Å²) >= 11 is 3.80. The quantitative estimate of drug-likeness (QED) is 0.851. The highest BCUT2D eigenvalue weighted by Gasteiger charge is 2.32. The van der Waals surface area contributed by atoms with Gasteiger partial charge >= 0.3 is 0 Å². The van der Waals surface area contributed by atoms with E-state index in [0.29, 0.717) is 23.9 Å². The van der Waals surface area contributed by atoms with Gasteiger partial charge in [0.2, 0.25) is 0 Å². The maximum absolute atomic E-state index is 3.80. The van der Waals surface area contributed by atoms with Crippen molar-refractivity contribution in [1.82, 2.24) is 5.32 Å². The van der Waals surface area contributed by atoms with E-state index >= 15 is 0 Å². The Labute approximate surface area is 138 Å². The number of nitrogens with one attached hydrogen (secondary N) is 1. The minimum atomic E-state index is 0.559. The van der Waals surface area contributed by atoms with Gasteiger partial charge in [-0.05, 0) is 46.3 Å². The van der Waals surface area contributed by atoms with Crippen LogP contribution in [0.15, 0.2) is 22.7 Å². The van der Waals surface area contributed by atoms with Crippen molar-refractivity contribution < 1.29 is 0 Å². The highest BCUT2D eigenvalue weighted by Crippen LogP contribution is 2.33. The Bertz CT molecular complexity index is 472. The molecule has 0 saturated carbocycles. The van der Waals surface area contributed by atoms with Crippen LogP contribution in [0.1, 0.15) is 39.7 Å². The summed E-state index contributed by atoms with van der Waals surface area (Å²) in [4.78, 5) is 2.62. The smallest absolute Gasteiger partial charge is 0.0516 e. The van der Waals surface area contributed by atoms with Crippen LogP contribution < -0.4 is 10.2 Å². The molecule has 1 saturated heterocycles. The Morgan fingerprint density at radius 1 is 1.33 bits per heavy atom. The zero-order chi connectivity index (χ0) is 15.6. The molecule has 1 aromatic carbocycles. The average molecular weight is 353 g/mol. The first-order valence-corrected chi connectivity index (χ1v) is 9.00. The molecule has 1 N–H and O–H groups in total. The van der Waals surface area contributed by atoms with Gasteiger partial charge in [-0.1, -0.05) is 46.2 Å². The van der Waals surface area contributed by atoms with Gasteiger partial charge in [0.05, 0.1) is 5.69 Å². The van der Waals surface area contributed by atoms with Gasteiger partial charge in [0.1, 0.15) is 0 Å². The van der Waals surface area contributed by atoms with E-state index in [9.17, 15) is 0 Å². The van der Waals surface area contributed by atoms with Crippen LogP contribution in [-0.2, 0) is 0 Å². The van der Waals surface area contributed by atoms with E-state index in [2.05, 4.69) is 79.0 Å². The summed E-state index contributed by atoms with van der Waals surface area (Å²) in [6, 6.07) is 7.74. The number of rotatable bonds is 4. The van der Waals surface area contributed by atoms with Gasteiger partial charge in [-0.3, -0.25) is 0 Å². The predicted octanol–water partition coefficient (Wildman–Crippen LogP) is 4.61. The Kier molecular flexibility index (Phi) is 5.73. The van der Waals surface area contributed by atoms with Crippen molar-refractivity contribution in [3.63, 3.8) is 0 Å². The lowest BCUT2D eigenvalue weighted by Crippen LogP contribution is -2.60. The molecule has 2 nitrogen and oxygen atoms in total. The molecule has 0 aromatic heterocycles. The van der Waals surface area contributed by atoms with Crippen molar-refractivity contribution in [3.05, 3.63) is 28.2 Å². The number of hydrogen-bond acceptors (Lipinski definition) is 2. The first-order valence-electron chi connectivity index (χ1n) is 8.20. The van der Waals surface area contributed by atoms with Crippen molar-refractivity contribution in [2.24, 2.45) is 11.8 Å². The summed E-state index contributed by atoms with van der Waals surface area (Å²) < 4.78 is 1.25. The molecule has 3 unspecified atom stereocenters. The molecular weight excluding hydrogens is 324 g/mol. The number of piperazine rings is 1. The summed E-state index contributed by atoms with van der Waals surface area (Å²) in [6.07, 6.45) is 1.23. The molecule has 21 heavy (non-hydrogen) atoms. The number of nitrogens with zero attached hydrogens (tertiary/aromatic N) is 1. The molecule has 2 rings (SSSR count). The minimum Gasteiger partial charge on any atom is -0.365 e. The van der Waals surface area contributed by atoms with E-state index in [0.717, 1.165) is 13.1 Å². The summed E-state index contributed by atoms with van der Waals surface area (Å²) in [5.74, 6) is 1.35. The van der Waals surface area contributed by atoms with E-state index in [-0.39, 0.29) is 0 Å². The normalized spacial score (nSPS) is 24.4. The third-order valence-electron chi connectivity index (χ3n) is 4.96. The van der Waals surface area contributed by atoms with Crippen molar-refractivity contribution in [2.75, 3.05) is 18.0 Å². The Hall–Kier alpha value is -0.540. The van der Waals surface area contributed by atoms with Crippen LogP contribution in [-0.4, -0.2) is 25.2 Å². The molecule has 1 aliphatic rings. The van der Waals surface area contributed by atoms with Crippen molar-refractivity contribution in [3.8, 4) is 0 Å². The second kappa shape index (κ2) is 7.15. The van der Waals surface area contributed by atoms with Gasteiger partial charge in [-0.2, -0.15) is 0 Å². The molecule has 0 bridgehead atoms. The Morgan fingerprint density at radius 3 is 2.67 bits per heavy atom. The number of benzene rings is 1. The van der Waals surface area contributed by atoms with Gasteiger partial charge in [0.15, 0.2) is 0 Å². The van der Waals surface area contributed by atoms with Crippen LogP contribution in [0.5, 0.6) is 0 Å². The predicted molar refractivity (Wildman–Crippen MR) is 96.1 cm³/mol. The fourth-order valence-corrected chi connectivity index (χ4v) is 3.68. The summed E-state index contributed by atoms with van der Waals surface area (Å²) in [7, 11) is 0. The zero-order valence-corrected chi connectivity index (χ0v) is 15.6. The van der Waals surface area contributed by atoms with E-state index < -0.39 is 0 Å². The molecule has 1 aromatic rings. The van der Waals surface area contributed by atoms with E-state index in [4.69, 9.17) is 0 Å². The van der Waals surface area contributed by atoms with Gasteiger partial charge in [-0.15, -0.1) is 0 Å². The summed E-state index contributed by atoms with van der Waals surface area (Å²) in [6.45, 7) is 13.6. The molecule has 1 aliphatic heterocycles. The summed E-state index contributed by atoms with van der Waals surface area (Å²) in [5, 5.41) is 3.78. The van der Waals surface area contributed by atoms with Gasteiger partial charge in [-0.25, -0.2) is 0 Å². The molecule has 0 radical (unpaired) electrons. The minimum absolute atomic E-state index is 0.559. The number of aryl methyl sites for hydroxylation is 1. The number of hydrogen-bond donors (Lipinski definition) is 1. The maximum atomic E-state index is 3.80. The zero-order valence-electron chi connectivity index (χ0n) is 14.0. The van der Waals surface area contributed by atoms with Gasteiger partial charge in [0.25, 0.3) is 0 Å².